The average Bonchev–Trinajstić information content (AvgIpc) is 2.30. The van der Waals surface area contributed by atoms with E-state index < -0.39 is 0 Å². The van der Waals surface area contributed by atoms with Gasteiger partial charge in [0, 0.05) is 30.3 Å². The first kappa shape index (κ1) is 15.0. The molecule has 0 aliphatic carbocycles. The van der Waals surface area contributed by atoms with Gasteiger partial charge in [-0.05, 0) is 32.5 Å². The molecule has 1 aromatic carbocycles. The molecule has 0 unspecified atom stereocenters. The van der Waals surface area contributed by atoms with Crippen molar-refractivity contribution in [1.82, 2.24) is 4.90 Å². The Bertz CT molecular complexity index is 434. The van der Waals surface area contributed by atoms with Crippen LogP contribution < -0.4 is 0 Å². The average molecular weight is 272 g/mol. The molecule has 0 atom stereocenters. The molecular weight excluding hydrogens is 254 g/mol. The number of hydrogen-bond donors (Lipinski definition) is 2. The standard InChI is InChI=1S/C13H18ClNO3/c1-9(17)12-7-11(14)6-10(13(12)18)8-15(2)4-3-5-16/h6-7,16,18H,3-5,8H2,1-2H3. The van der Waals surface area contributed by atoms with Gasteiger partial charge in [-0.25, -0.2) is 0 Å². The van der Waals surface area contributed by atoms with E-state index in [1.807, 2.05) is 11.9 Å². The van der Waals surface area contributed by atoms with Gasteiger partial charge in [0.25, 0.3) is 0 Å². The molecule has 0 amide bonds. The van der Waals surface area contributed by atoms with E-state index in [1.54, 1.807) is 6.07 Å². The van der Waals surface area contributed by atoms with Crippen molar-refractivity contribution < 1.29 is 15.0 Å². The van der Waals surface area contributed by atoms with Crippen molar-refractivity contribution in [3.63, 3.8) is 0 Å². The largest absolute Gasteiger partial charge is 0.507 e. The Kier molecular flexibility index (Phi) is 5.59. The monoisotopic (exact) mass is 271 g/mol. The fourth-order valence-corrected chi connectivity index (χ4v) is 2.00. The number of carbonyl (C=O) groups is 1. The molecule has 100 valence electrons. The minimum absolute atomic E-state index is 0.0113. The molecule has 4 nitrogen and oxygen atoms in total. The van der Waals surface area contributed by atoms with Crippen LogP contribution in [0.4, 0.5) is 0 Å². The van der Waals surface area contributed by atoms with Gasteiger partial charge in [0.15, 0.2) is 5.78 Å². The summed E-state index contributed by atoms with van der Waals surface area (Å²) in [7, 11) is 1.88. The van der Waals surface area contributed by atoms with Crippen LogP contribution in [0.1, 0.15) is 29.3 Å². The molecule has 0 fully saturated rings. The van der Waals surface area contributed by atoms with Gasteiger partial charge in [0.1, 0.15) is 5.75 Å². The van der Waals surface area contributed by atoms with Crippen molar-refractivity contribution in [2.75, 3.05) is 20.2 Å². The number of ketones is 1. The number of nitrogens with zero attached hydrogens (tertiary/aromatic N) is 1. The molecule has 0 aliphatic heterocycles. The Balaban J connectivity index is 2.91. The number of rotatable bonds is 6. The molecule has 0 spiro atoms. The third-order valence-electron chi connectivity index (χ3n) is 2.67. The Morgan fingerprint density at radius 3 is 2.67 bits per heavy atom. The zero-order valence-electron chi connectivity index (χ0n) is 10.6. The summed E-state index contributed by atoms with van der Waals surface area (Å²) in [4.78, 5) is 13.3. The first-order valence-corrected chi connectivity index (χ1v) is 6.15. The third-order valence-corrected chi connectivity index (χ3v) is 2.89. The van der Waals surface area contributed by atoms with Gasteiger partial charge < -0.3 is 15.1 Å². The van der Waals surface area contributed by atoms with E-state index in [0.717, 1.165) is 0 Å². The zero-order chi connectivity index (χ0) is 13.7. The summed E-state index contributed by atoms with van der Waals surface area (Å²) >= 11 is 5.93. The van der Waals surface area contributed by atoms with E-state index in [0.29, 0.717) is 30.1 Å². The quantitative estimate of drug-likeness (QED) is 0.778. The summed E-state index contributed by atoms with van der Waals surface area (Å²) in [6.45, 7) is 2.71. The van der Waals surface area contributed by atoms with Gasteiger partial charge in [-0.3, -0.25) is 4.79 Å². The lowest BCUT2D eigenvalue weighted by Crippen LogP contribution is -2.20. The lowest BCUT2D eigenvalue weighted by Gasteiger charge is -2.18. The fourth-order valence-electron chi connectivity index (χ4n) is 1.76. The Hall–Kier alpha value is -1.10. The highest BCUT2D eigenvalue weighted by atomic mass is 35.5. The van der Waals surface area contributed by atoms with Gasteiger partial charge in [-0.2, -0.15) is 0 Å². The second-order valence-electron chi connectivity index (χ2n) is 4.33. The highest BCUT2D eigenvalue weighted by Gasteiger charge is 2.14. The van der Waals surface area contributed by atoms with Gasteiger partial charge >= 0.3 is 0 Å². The number of phenolic OH excluding ortho intramolecular Hbond substituents is 1. The molecule has 5 heteroatoms. The van der Waals surface area contributed by atoms with Crippen molar-refractivity contribution in [2.45, 2.75) is 19.9 Å². The SMILES string of the molecule is CC(=O)c1cc(Cl)cc(CN(C)CCCO)c1O. The van der Waals surface area contributed by atoms with Crippen LogP contribution in [-0.2, 0) is 6.54 Å². The molecule has 0 saturated heterocycles. The molecule has 0 radical (unpaired) electrons. The number of aliphatic hydroxyl groups is 1. The second kappa shape index (κ2) is 6.73. The molecule has 0 saturated carbocycles. The van der Waals surface area contributed by atoms with E-state index in [-0.39, 0.29) is 23.7 Å². The van der Waals surface area contributed by atoms with Crippen molar-refractivity contribution in [3.05, 3.63) is 28.3 Å². The highest BCUT2D eigenvalue weighted by Crippen LogP contribution is 2.28. The van der Waals surface area contributed by atoms with Crippen LogP contribution in [-0.4, -0.2) is 41.1 Å². The predicted molar refractivity (Wildman–Crippen MR) is 71.2 cm³/mol. The maximum absolute atomic E-state index is 11.4. The minimum Gasteiger partial charge on any atom is -0.507 e. The Morgan fingerprint density at radius 1 is 1.44 bits per heavy atom. The Labute approximate surface area is 112 Å². The third kappa shape index (κ3) is 3.98. The summed E-state index contributed by atoms with van der Waals surface area (Å²) in [6.07, 6.45) is 0.664. The molecule has 1 rings (SSSR count). The number of Topliss-reactive ketones (excluding diaryl/α,β-unsaturated/α-hetero) is 1. The number of carbonyl (C=O) groups excluding carboxylic acids is 1. The first-order valence-electron chi connectivity index (χ1n) is 5.77. The van der Waals surface area contributed by atoms with Crippen LogP contribution in [0.25, 0.3) is 0 Å². The number of aliphatic hydroxyl groups excluding tert-OH is 1. The van der Waals surface area contributed by atoms with Crippen molar-refractivity contribution in [3.8, 4) is 5.75 Å². The minimum atomic E-state index is -0.214. The lowest BCUT2D eigenvalue weighted by atomic mass is 10.1. The van der Waals surface area contributed by atoms with E-state index >= 15 is 0 Å². The smallest absolute Gasteiger partial charge is 0.163 e. The van der Waals surface area contributed by atoms with Crippen molar-refractivity contribution in [1.29, 1.82) is 0 Å². The van der Waals surface area contributed by atoms with Crippen molar-refractivity contribution >= 4 is 17.4 Å². The van der Waals surface area contributed by atoms with Crippen LogP contribution in [0.5, 0.6) is 5.75 Å². The van der Waals surface area contributed by atoms with E-state index in [2.05, 4.69) is 0 Å². The van der Waals surface area contributed by atoms with Crippen LogP contribution in [0.15, 0.2) is 12.1 Å². The van der Waals surface area contributed by atoms with Gasteiger partial charge in [0.2, 0.25) is 0 Å². The van der Waals surface area contributed by atoms with Crippen LogP contribution in [0, 0.1) is 0 Å². The summed E-state index contributed by atoms with van der Waals surface area (Å²) in [5.41, 5.74) is 0.862. The molecule has 0 heterocycles. The van der Waals surface area contributed by atoms with Crippen LogP contribution in [0.3, 0.4) is 0 Å². The van der Waals surface area contributed by atoms with Gasteiger partial charge in [-0.1, -0.05) is 11.6 Å². The van der Waals surface area contributed by atoms with E-state index in [4.69, 9.17) is 16.7 Å². The number of halogens is 1. The predicted octanol–water partition coefficient (Wildman–Crippen LogP) is 2.06. The fraction of sp³-hybridized carbons (Fsp3) is 0.462. The second-order valence-corrected chi connectivity index (χ2v) is 4.77. The number of aromatic hydroxyl groups is 1. The zero-order valence-corrected chi connectivity index (χ0v) is 11.4. The molecule has 0 aromatic heterocycles. The lowest BCUT2D eigenvalue weighted by molar-refractivity contribution is 0.101. The maximum Gasteiger partial charge on any atom is 0.163 e. The summed E-state index contributed by atoms with van der Waals surface area (Å²) in [5.74, 6) is -0.225. The topological polar surface area (TPSA) is 60.8 Å². The maximum atomic E-state index is 11.4. The summed E-state index contributed by atoms with van der Waals surface area (Å²) in [6, 6.07) is 3.12. The first-order chi connectivity index (χ1) is 8.45. The van der Waals surface area contributed by atoms with E-state index in [9.17, 15) is 9.90 Å². The van der Waals surface area contributed by atoms with Gasteiger partial charge in [-0.15, -0.1) is 0 Å². The summed E-state index contributed by atoms with van der Waals surface area (Å²) < 4.78 is 0. The molecule has 1 aromatic rings. The highest BCUT2D eigenvalue weighted by molar-refractivity contribution is 6.31. The molecule has 0 aliphatic rings. The molecule has 2 N–H and O–H groups in total. The van der Waals surface area contributed by atoms with Crippen LogP contribution >= 0.6 is 11.6 Å². The molecule has 18 heavy (non-hydrogen) atoms. The Morgan fingerprint density at radius 2 is 2.11 bits per heavy atom. The molecular formula is C13H18ClNO3. The normalized spacial score (nSPS) is 10.9. The number of phenols is 1. The summed E-state index contributed by atoms with van der Waals surface area (Å²) in [5, 5.41) is 19.2. The number of benzene rings is 1. The van der Waals surface area contributed by atoms with Crippen LogP contribution in [0.2, 0.25) is 5.02 Å². The van der Waals surface area contributed by atoms with Gasteiger partial charge in [0.05, 0.1) is 5.56 Å². The van der Waals surface area contributed by atoms with Crippen molar-refractivity contribution in [2.24, 2.45) is 0 Å². The molecule has 0 bridgehead atoms. The van der Waals surface area contributed by atoms with E-state index in [1.165, 1.54) is 13.0 Å². The number of hydrogen-bond acceptors (Lipinski definition) is 4.